The molecular formula is C25H17FN2O5. The first kappa shape index (κ1) is 21.5. The monoisotopic (exact) mass is 444 g/mol. The quantitative estimate of drug-likeness (QED) is 0.367. The highest BCUT2D eigenvalue weighted by molar-refractivity contribution is 6.12. The second kappa shape index (κ2) is 9.19. The lowest BCUT2D eigenvalue weighted by Crippen LogP contribution is -2.22. The molecule has 0 radical (unpaired) electrons. The van der Waals surface area contributed by atoms with Crippen LogP contribution in [-0.2, 0) is 0 Å². The van der Waals surface area contributed by atoms with Gasteiger partial charge in [0.15, 0.2) is 11.5 Å². The third kappa shape index (κ3) is 4.80. The average molecular weight is 444 g/mol. The lowest BCUT2D eigenvalue weighted by molar-refractivity contribution is 0.102. The van der Waals surface area contributed by atoms with Crippen LogP contribution in [0.15, 0.2) is 89.5 Å². The Hall–Kier alpha value is -4.72. The number of nitrogens with one attached hydrogen (secondary N) is 2. The van der Waals surface area contributed by atoms with Crippen molar-refractivity contribution in [3.05, 3.63) is 113 Å². The molecule has 0 aliphatic carbocycles. The Morgan fingerprint density at radius 1 is 0.939 bits per heavy atom. The van der Waals surface area contributed by atoms with E-state index in [9.17, 15) is 19.1 Å². The minimum absolute atomic E-state index is 0.133. The van der Waals surface area contributed by atoms with Crippen molar-refractivity contribution in [1.29, 1.82) is 5.41 Å². The van der Waals surface area contributed by atoms with E-state index in [1.54, 1.807) is 36.4 Å². The molecule has 33 heavy (non-hydrogen) atoms. The van der Waals surface area contributed by atoms with Crippen LogP contribution < -0.4 is 15.6 Å². The van der Waals surface area contributed by atoms with Gasteiger partial charge in [0.05, 0.1) is 16.8 Å². The summed E-state index contributed by atoms with van der Waals surface area (Å²) in [5.41, 5.74) is -0.799. The highest BCUT2D eigenvalue weighted by Gasteiger charge is 2.20. The third-order valence-corrected chi connectivity index (χ3v) is 4.66. The molecule has 164 valence electrons. The Labute approximate surface area is 187 Å². The van der Waals surface area contributed by atoms with Crippen LogP contribution >= 0.6 is 0 Å². The topological polar surface area (TPSA) is 113 Å². The summed E-state index contributed by atoms with van der Waals surface area (Å²) in [5, 5.41) is 20.5. The number of amides is 1. The van der Waals surface area contributed by atoms with Crippen molar-refractivity contribution in [1.82, 2.24) is 0 Å². The van der Waals surface area contributed by atoms with Gasteiger partial charge in [-0.05, 0) is 48.5 Å². The molecular weight excluding hydrogens is 427 g/mol. The summed E-state index contributed by atoms with van der Waals surface area (Å²) >= 11 is 0. The first-order chi connectivity index (χ1) is 15.9. The van der Waals surface area contributed by atoms with Crippen LogP contribution in [0.25, 0.3) is 0 Å². The smallest absolute Gasteiger partial charge is 0.261 e. The minimum atomic E-state index is -0.766. The molecule has 0 fully saturated rings. The summed E-state index contributed by atoms with van der Waals surface area (Å²) < 4.78 is 24.4. The second-order valence-electron chi connectivity index (χ2n) is 6.93. The number of carbonyl (C=O) groups excluding carboxylic acids is 2. The largest absolute Gasteiger partial charge is 0.507 e. The van der Waals surface area contributed by atoms with Crippen molar-refractivity contribution >= 4 is 17.4 Å². The Kier molecular flexibility index (Phi) is 5.99. The van der Waals surface area contributed by atoms with Crippen LogP contribution in [0.4, 0.5) is 10.1 Å². The molecule has 0 aliphatic rings. The number of phenolic OH excluding ortho intramolecular Hbond substituents is 1. The standard InChI is InChI=1S/C25H17FN2O5/c26-16-10-11-21(29)18(13-16)23(30)15-12-19(24(27)32-14-15)25(31)28-20-8-4-5-9-22(20)33-17-6-2-1-3-7-17/h1-14,27,29H,(H,28,31). The number of carbonyl (C=O) groups is 2. The van der Waals surface area contributed by atoms with Crippen LogP contribution in [0.1, 0.15) is 26.3 Å². The molecule has 1 aromatic heterocycles. The van der Waals surface area contributed by atoms with Gasteiger partial charge >= 0.3 is 0 Å². The van der Waals surface area contributed by atoms with Crippen molar-refractivity contribution in [2.24, 2.45) is 0 Å². The first-order valence-corrected chi connectivity index (χ1v) is 9.76. The summed E-state index contributed by atoms with van der Waals surface area (Å²) in [6.07, 6.45) is 0.970. The van der Waals surface area contributed by atoms with Gasteiger partial charge in [-0.3, -0.25) is 15.0 Å². The molecule has 0 bridgehead atoms. The van der Waals surface area contributed by atoms with Gasteiger partial charge in [0.2, 0.25) is 5.55 Å². The fourth-order valence-corrected chi connectivity index (χ4v) is 3.04. The first-order valence-electron chi connectivity index (χ1n) is 9.76. The molecule has 0 saturated carbocycles. The molecule has 0 spiro atoms. The molecule has 3 N–H and O–H groups in total. The van der Waals surface area contributed by atoms with Crippen molar-refractivity contribution in [3.8, 4) is 17.2 Å². The zero-order valence-corrected chi connectivity index (χ0v) is 17.0. The summed E-state index contributed by atoms with van der Waals surface area (Å²) in [6.45, 7) is 0. The molecule has 0 atom stereocenters. The van der Waals surface area contributed by atoms with Crippen molar-refractivity contribution in [3.63, 3.8) is 0 Å². The second-order valence-corrected chi connectivity index (χ2v) is 6.93. The van der Waals surface area contributed by atoms with E-state index in [0.29, 0.717) is 17.2 Å². The molecule has 1 amide bonds. The molecule has 0 saturated heterocycles. The Morgan fingerprint density at radius 3 is 2.45 bits per heavy atom. The summed E-state index contributed by atoms with van der Waals surface area (Å²) in [7, 11) is 0. The van der Waals surface area contributed by atoms with Gasteiger partial charge < -0.3 is 19.6 Å². The molecule has 3 aromatic carbocycles. The van der Waals surface area contributed by atoms with E-state index in [-0.39, 0.29) is 16.7 Å². The number of anilines is 1. The molecule has 1 heterocycles. The SMILES string of the molecule is N=c1occ(C(=O)c2cc(F)ccc2O)cc1C(=O)Nc1ccccc1Oc1ccccc1. The van der Waals surface area contributed by atoms with E-state index in [2.05, 4.69) is 5.32 Å². The molecule has 0 aliphatic heterocycles. The number of para-hydroxylation sites is 3. The van der Waals surface area contributed by atoms with Gasteiger partial charge in [-0.1, -0.05) is 30.3 Å². The van der Waals surface area contributed by atoms with Gasteiger partial charge in [-0.15, -0.1) is 0 Å². The maximum Gasteiger partial charge on any atom is 0.261 e. The molecule has 7 nitrogen and oxygen atoms in total. The third-order valence-electron chi connectivity index (χ3n) is 4.66. The molecule has 4 aromatic rings. The van der Waals surface area contributed by atoms with Crippen LogP contribution in [0.3, 0.4) is 0 Å². The number of aromatic hydroxyl groups is 1. The normalized spacial score (nSPS) is 10.5. The Balaban J connectivity index is 1.62. The van der Waals surface area contributed by atoms with Gasteiger partial charge in [0.1, 0.15) is 29.1 Å². The molecule has 4 rings (SSSR count). The summed E-state index contributed by atoms with van der Waals surface area (Å²) in [5.74, 6) is -1.67. The average Bonchev–Trinajstić information content (AvgIpc) is 2.82. The minimum Gasteiger partial charge on any atom is -0.507 e. The number of rotatable bonds is 6. The molecule has 8 heteroatoms. The number of benzene rings is 3. The number of hydrogen-bond acceptors (Lipinski definition) is 6. The number of ketones is 1. The van der Waals surface area contributed by atoms with Gasteiger partial charge in [0.25, 0.3) is 5.91 Å². The molecule has 0 unspecified atom stereocenters. The summed E-state index contributed by atoms with van der Waals surface area (Å²) in [6, 6.07) is 19.8. The zero-order valence-electron chi connectivity index (χ0n) is 17.0. The summed E-state index contributed by atoms with van der Waals surface area (Å²) in [4.78, 5) is 25.6. The van der Waals surface area contributed by atoms with E-state index < -0.39 is 28.8 Å². The highest BCUT2D eigenvalue weighted by Crippen LogP contribution is 2.29. The van der Waals surface area contributed by atoms with Crippen molar-refractivity contribution in [2.75, 3.05) is 5.32 Å². The lowest BCUT2D eigenvalue weighted by atomic mass is 10.0. The van der Waals surface area contributed by atoms with Gasteiger partial charge in [-0.2, -0.15) is 0 Å². The maximum atomic E-state index is 13.5. The Morgan fingerprint density at radius 2 is 1.67 bits per heavy atom. The lowest BCUT2D eigenvalue weighted by Gasteiger charge is -2.12. The van der Waals surface area contributed by atoms with Crippen LogP contribution in [-0.4, -0.2) is 16.8 Å². The Bertz CT molecular complexity index is 1400. The maximum absolute atomic E-state index is 13.5. The predicted molar refractivity (Wildman–Crippen MR) is 117 cm³/mol. The zero-order chi connectivity index (χ0) is 23.4. The van der Waals surface area contributed by atoms with E-state index in [1.165, 1.54) is 0 Å². The fourth-order valence-electron chi connectivity index (χ4n) is 3.04. The van der Waals surface area contributed by atoms with Crippen LogP contribution in [0.5, 0.6) is 17.2 Å². The number of hydrogen-bond donors (Lipinski definition) is 3. The van der Waals surface area contributed by atoms with Crippen molar-refractivity contribution in [2.45, 2.75) is 0 Å². The number of phenols is 1. The highest BCUT2D eigenvalue weighted by atomic mass is 19.1. The number of halogens is 1. The number of ether oxygens (including phenoxy) is 1. The van der Waals surface area contributed by atoms with E-state index in [1.807, 2.05) is 18.2 Å². The van der Waals surface area contributed by atoms with Gasteiger partial charge in [-0.25, -0.2) is 4.39 Å². The van der Waals surface area contributed by atoms with E-state index in [0.717, 1.165) is 30.5 Å². The van der Waals surface area contributed by atoms with Gasteiger partial charge in [0, 0.05) is 0 Å². The van der Waals surface area contributed by atoms with E-state index >= 15 is 0 Å². The fraction of sp³-hybridized carbons (Fsp3) is 0. The van der Waals surface area contributed by atoms with Crippen LogP contribution in [0, 0.1) is 11.2 Å². The van der Waals surface area contributed by atoms with Crippen LogP contribution in [0.2, 0.25) is 0 Å². The van der Waals surface area contributed by atoms with E-state index in [4.69, 9.17) is 14.6 Å². The van der Waals surface area contributed by atoms with Crippen molar-refractivity contribution < 1.29 is 28.2 Å². The predicted octanol–water partition coefficient (Wildman–Crippen LogP) is 4.88.